The van der Waals surface area contributed by atoms with Crippen molar-refractivity contribution in [3.63, 3.8) is 0 Å². The van der Waals surface area contributed by atoms with Gasteiger partial charge in [-0.2, -0.15) is 0 Å². The maximum absolute atomic E-state index is 2.29. The molecule has 0 bridgehead atoms. The van der Waals surface area contributed by atoms with Crippen molar-refractivity contribution >= 4 is 11.4 Å². The number of anilines is 2. The maximum atomic E-state index is 2.29. The highest BCUT2D eigenvalue weighted by Crippen LogP contribution is 2.37. The summed E-state index contributed by atoms with van der Waals surface area (Å²) in [5.41, 5.74) is 2.61. The number of hydrogen-bond acceptors (Lipinski definition) is 2. The van der Waals surface area contributed by atoms with Gasteiger partial charge in [-0.25, -0.2) is 0 Å². The van der Waals surface area contributed by atoms with E-state index in [9.17, 15) is 0 Å². The molecule has 0 unspecified atom stereocenters. The van der Waals surface area contributed by atoms with E-state index >= 15 is 0 Å². The second kappa shape index (κ2) is 3.37. The molecule has 2 nitrogen and oxygen atoms in total. The van der Waals surface area contributed by atoms with E-state index in [1.807, 2.05) is 0 Å². The first-order chi connectivity index (χ1) is 6.75. The van der Waals surface area contributed by atoms with Gasteiger partial charge in [0.15, 0.2) is 0 Å². The molecule has 0 amide bonds. The van der Waals surface area contributed by atoms with Crippen LogP contribution in [-0.2, 0) is 0 Å². The summed E-state index contributed by atoms with van der Waals surface area (Å²) < 4.78 is 0. The van der Waals surface area contributed by atoms with Gasteiger partial charge < -0.3 is 9.80 Å². The van der Waals surface area contributed by atoms with E-state index in [0.717, 1.165) is 0 Å². The molecule has 0 fully saturated rings. The van der Waals surface area contributed by atoms with Crippen LogP contribution in [0.15, 0.2) is 36.4 Å². The Morgan fingerprint density at radius 3 is 2.00 bits per heavy atom. The van der Waals surface area contributed by atoms with Crippen LogP contribution < -0.4 is 9.80 Å². The Kier molecular flexibility index (Phi) is 2.20. The summed E-state index contributed by atoms with van der Waals surface area (Å²) in [6.45, 7) is 2.06. The van der Waals surface area contributed by atoms with Gasteiger partial charge in [-0.15, -0.1) is 0 Å². The molecule has 74 valence electrons. The van der Waals surface area contributed by atoms with E-state index in [-0.39, 0.29) is 0 Å². The zero-order valence-electron chi connectivity index (χ0n) is 8.94. The van der Waals surface area contributed by atoms with Crippen LogP contribution in [0.4, 0.5) is 11.4 Å². The van der Waals surface area contributed by atoms with Crippen molar-refractivity contribution in [2.75, 3.05) is 23.9 Å². The van der Waals surface area contributed by atoms with E-state index < -0.39 is 0 Å². The van der Waals surface area contributed by atoms with Crippen molar-refractivity contribution in [2.45, 2.75) is 13.1 Å². The fraction of sp³-hybridized carbons (Fsp3) is 0.333. The summed E-state index contributed by atoms with van der Waals surface area (Å²) in [6, 6.07) is 8.49. The number of allylic oxidation sites excluding steroid dienone is 1. The lowest BCUT2D eigenvalue weighted by Crippen LogP contribution is -2.37. The molecule has 2 rings (SSSR count). The van der Waals surface area contributed by atoms with Gasteiger partial charge in [0, 0.05) is 14.1 Å². The molecule has 0 aliphatic carbocycles. The average molecular weight is 188 g/mol. The monoisotopic (exact) mass is 188 g/mol. The fourth-order valence-corrected chi connectivity index (χ4v) is 2.04. The van der Waals surface area contributed by atoms with Crippen molar-refractivity contribution in [3.8, 4) is 0 Å². The fourth-order valence-electron chi connectivity index (χ4n) is 2.04. The Balaban J connectivity index is 2.42. The van der Waals surface area contributed by atoms with Gasteiger partial charge in [-0.05, 0) is 25.1 Å². The molecule has 1 heterocycles. The largest absolute Gasteiger partial charge is 0.349 e. The third-order valence-corrected chi connectivity index (χ3v) is 2.80. The minimum Gasteiger partial charge on any atom is -0.349 e. The molecular formula is C12H16N2. The molecule has 1 aromatic carbocycles. The van der Waals surface area contributed by atoms with Gasteiger partial charge in [0.25, 0.3) is 0 Å². The summed E-state index contributed by atoms with van der Waals surface area (Å²) in [5, 5.41) is 0. The minimum absolute atomic E-state index is 0.359. The number of hydrogen-bond donors (Lipinski definition) is 0. The van der Waals surface area contributed by atoms with Crippen LogP contribution in [0, 0.1) is 0 Å². The van der Waals surface area contributed by atoms with Crippen LogP contribution in [0.2, 0.25) is 0 Å². The SMILES string of the molecule is CC=CC1N(C)c2ccccc2N1C. The first-order valence-corrected chi connectivity index (χ1v) is 4.93. The van der Waals surface area contributed by atoms with Crippen molar-refractivity contribution in [2.24, 2.45) is 0 Å². The Morgan fingerprint density at radius 2 is 1.57 bits per heavy atom. The zero-order valence-corrected chi connectivity index (χ0v) is 8.94. The summed E-state index contributed by atoms with van der Waals surface area (Å²) in [6.07, 6.45) is 4.67. The Morgan fingerprint density at radius 1 is 1.07 bits per heavy atom. The van der Waals surface area contributed by atoms with Gasteiger partial charge in [-0.1, -0.05) is 18.2 Å². The summed E-state index contributed by atoms with van der Waals surface area (Å²) in [4.78, 5) is 4.57. The Labute approximate surface area is 85.4 Å². The molecule has 0 radical (unpaired) electrons. The van der Waals surface area contributed by atoms with E-state index in [2.05, 4.69) is 67.2 Å². The summed E-state index contributed by atoms with van der Waals surface area (Å²) in [7, 11) is 4.26. The van der Waals surface area contributed by atoms with Crippen LogP contribution >= 0.6 is 0 Å². The predicted molar refractivity (Wildman–Crippen MR) is 61.9 cm³/mol. The highest BCUT2D eigenvalue weighted by atomic mass is 15.4. The van der Waals surface area contributed by atoms with Gasteiger partial charge in [0.05, 0.1) is 11.4 Å². The van der Waals surface area contributed by atoms with Crippen LogP contribution in [0.25, 0.3) is 0 Å². The molecule has 0 N–H and O–H groups in total. The number of likely N-dealkylation sites (N-methyl/N-ethyl adjacent to an activating group) is 2. The molecule has 2 heteroatoms. The quantitative estimate of drug-likeness (QED) is 0.625. The summed E-state index contributed by atoms with van der Waals surface area (Å²) in [5.74, 6) is 0. The van der Waals surface area contributed by atoms with Crippen molar-refractivity contribution < 1.29 is 0 Å². The highest BCUT2D eigenvalue weighted by molar-refractivity contribution is 5.77. The lowest BCUT2D eigenvalue weighted by atomic mass is 10.3. The number of rotatable bonds is 1. The second-order valence-electron chi connectivity index (χ2n) is 3.65. The Bertz CT molecular complexity index is 328. The third kappa shape index (κ3) is 1.18. The minimum atomic E-state index is 0.359. The van der Waals surface area contributed by atoms with E-state index in [4.69, 9.17) is 0 Å². The van der Waals surface area contributed by atoms with E-state index in [0.29, 0.717) is 6.17 Å². The van der Waals surface area contributed by atoms with Crippen molar-refractivity contribution in [1.29, 1.82) is 0 Å². The van der Waals surface area contributed by atoms with Crippen LogP contribution in [-0.4, -0.2) is 20.3 Å². The molecule has 0 atom stereocenters. The molecule has 0 aromatic heterocycles. The molecule has 0 spiro atoms. The van der Waals surface area contributed by atoms with E-state index in [1.165, 1.54) is 11.4 Å². The maximum Gasteiger partial charge on any atom is 0.120 e. The Hall–Kier alpha value is -1.44. The smallest absolute Gasteiger partial charge is 0.120 e. The lowest BCUT2D eigenvalue weighted by Gasteiger charge is -2.24. The molecule has 1 aliphatic heterocycles. The van der Waals surface area contributed by atoms with Crippen LogP contribution in [0.5, 0.6) is 0 Å². The first-order valence-electron chi connectivity index (χ1n) is 4.93. The van der Waals surface area contributed by atoms with Gasteiger partial charge in [0.2, 0.25) is 0 Å². The van der Waals surface area contributed by atoms with Gasteiger partial charge in [0.1, 0.15) is 6.17 Å². The molecule has 1 aromatic rings. The third-order valence-electron chi connectivity index (χ3n) is 2.80. The number of fused-ring (bicyclic) bond motifs is 1. The topological polar surface area (TPSA) is 6.48 Å². The summed E-state index contributed by atoms with van der Waals surface area (Å²) >= 11 is 0. The second-order valence-corrected chi connectivity index (χ2v) is 3.65. The predicted octanol–water partition coefficient (Wildman–Crippen LogP) is 2.47. The molecule has 14 heavy (non-hydrogen) atoms. The van der Waals surface area contributed by atoms with Gasteiger partial charge >= 0.3 is 0 Å². The standard InChI is InChI=1S/C12H16N2/c1-4-7-12-13(2)10-8-5-6-9-11(10)14(12)3/h4-9,12H,1-3H3. The van der Waals surface area contributed by atoms with Crippen LogP contribution in [0.3, 0.4) is 0 Å². The molecule has 0 saturated carbocycles. The first kappa shape index (κ1) is 9.13. The average Bonchev–Trinajstić information content (AvgIpc) is 2.45. The highest BCUT2D eigenvalue weighted by Gasteiger charge is 2.27. The van der Waals surface area contributed by atoms with Crippen LogP contribution in [0.1, 0.15) is 6.92 Å². The molecular weight excluding hydrogens is 172 g/mol. The van der Waals surface area contributed by atoms with Crippen molar-refractivity contribution in [3.05, 3.63) is 36.4 Å². The lowest BCUT2D eigenvalue weighted by molar-refractivity contribution is 0.773. The van der Waals surface area contributed by atoms with E-state index in [1.54, 1.807) is 0 Å². The van der Waals surface area contributed by atoms with Gasteiger partial charge in [-0.3, -0.25) is 0 Å². The number of nitrogens with zero attached hydrogens (tertiary/aromatic N) is 2. The number of para-hydroxylation sites is 2. The normalized spacial score (nSPS) is 16.8. The molecule has 0 saturated heterocycles. The molecule has 1 aliphatic rings. The zero-order chi connectivity index (χ0) is 10.1. The van der Waals surface area contributed by atoms with Crippen molar-refractivity contribution in [1.82, 2.24) is 0 Å². The number of benzene rings is 1.